The number of rotatable bonds is 4. The third kappa shape index (κ3) is 3.63. The van der Waals surface area contributed by atoms with Gasteiger partial charge in [-0.25, -0.2) is 0 Å². The van der Waals surface area contributed by atoms with E-state index in [1.807, 2.05) is 0 Å². The Bertz CT molecular complexity index is 755. The second kappa shape index (κ2) is 6.58. The topological polar surface area (TPSA) is 60.2 Å². The van der Waals surface area contributed by atoms with Crippen molar-refractivity contribution in [3.8, 4) is 0 Å². The number of carbonyl (C=O) groups is 1. The first-order valence-corrected chi connectivity index (χ1v) is 7.50. The molecule has 0 aliphatic heterocycles. The van der Waals surface area contributed by atoms with Gasteiger partial charge in [0.1, 0.15) is 0 Å². The monoisotopic (exact) mass is 361 g/mol. The van der Waals surface area contributed by atoms with E-state index in [4.69, 9.17) is 34.8 Å². The van der Waals surface area contributed by atoms with Gasteiger partial charge >= 0.3 is 5.00 Å². The molecule has 0 N–H and O–H groups in total. The summed E-state index contributed by atoms with van der Waals surface area (Å²) in [6.07, 6.45) is 2.75. The standard InChI is InChI=1S/C13H6Cl3NO3S/c14-9-3-2-8(12(15)13(9)16)10(18)4-1-7-5-11(17(19)20)21-6-7/h1-6H/b4-1+. The lowest BCUT2D eigenvalue weighted by atomic mass is 10.1. The summed E-state index contributed by atoms with van der Waals surface area (Å²) in [7, 11) is 0. The lowest BCUT2D eigenvalue weighted by Crippen LogP contribution is -1.96. The molecule has 4 nitrogen and oxygen atoms in total. The zero-order valence-electron chi connectivity index (χ0n) is 10.2. The van der Waals surface area contributed by atoms with Gasteiger partial charge in [-0.3, -0.25) is 14.9 Å². The fraction of sp³-hybridized carbons (Fsp3) is 0. The van der Waals surface area contributed by atoms with Gasteiger partial charge in [0.15, 0.2) is 5.78 Å². The second-order valence-corrected chi connectivity index (χ2v) is 5.95. The molecule has 0 saturated carbocycles. The van der Waals surface area contributed by atoms with Gasteiger partial charge in [0.25, 0.3) is 0 Å². The number of halogens is 3. The molecule has 0 atom stereocenters. The molecule has 108 valence electrons. The maximum Gasteiger partial charge on any atom is 0.324 e. The van der Waals surface area contributed by atoms with Crippen LogP contribution in [-0.4, -0.2) is 10.7 Å². The summed E-state index contributed by atoms with van der Waals surface area (Å²) in [5.74, 6) is -0.368. The first kappa shape index (κ1) is 16.0. The molecule has 0 bridgehead atoms. The average molecular weight is 363 g/mol. The van der Waals surface area contributed by atoms with Gasteiger partial charge in [-0.1, -0.05) is 46.1 Å². The molecule has 0 saturated heterocycles. The van der Waals surface area contributed by atoms with Gasteiger partial charge in [0.05, 0.1) is 20.0 Å². The van der Waals surface area contributed by atoms with Crippen LogP contribution in [0.5, 0.6) is 0 Å². The Kier molecular flexibility index (Phi) is 5.00. The Morgan fingerprint density at radius 1 is 1.24 bits per heavy atom. The van der Waals surface area contributed by atoms with E-state index >= 15 is 0 Å². The molecule has 2 aromatic rings. The maximum absolute atomic E-state index is 12.0. The SMILES string of the molecule is O=C(/C=C/c1csc([N+](=O)[O-])c1)c1ccc(Cl)c(Cl)c1Cl. The fourth-order valence-electron chi connectivity index (χ4n) is 1.50. The predicted octanol–water partition coefficient (Wildman–Crippen LogP) is 5.51. The molecular weight excluding hydrogens is 357 g/mol. The third-order valence-electron chi connectivity index (χ3n) is 2.51. The van der Waals surface area contributed by atoms with Gasteiger partial charge in [-0.15, -0.1) is 0 Å². The molecule has 0 aliphatic carbocycles. The molecular formula is C13H6Cl3NO3S. The van der Waals surface area contributed by atoms with Crippen molar-refractivity contribution in [2.45, 2.75) is 0 Å². The van der Waals surface area contributed by atoms with Crippen LogP contribution in [-0.2, 0) is 0 Å². The van der Waals surface area contributed by atoms with Crippen LogP contribution >= 0.6 is 46.1 Å². The maximum atomic E-state index is 12.0. The van der Waals surface area contributed by atoms with Crippen LogP contribution in [0, 0.1) is 10.1 Å². The highest BCUT2D eigenvalue weighted by Crippen LogP contribution is 2.33. The Balaban J connectivity index is 2.23. The van der Waals surface area contributed by atoms with Crippen LogP contribution in [0.25, 0.3) is 6.08 Å². The van der Waals surface area contributed by atoms with Crippen molar-refractivity contribution in [3.05, 3.63) is 66.0 Å². The summed E-state index contributed by atoms with van der Waals surface area (Å²) in [4.78, 5) is 22.1. The number of hydrogen-bond donors (Lipinski definition) is 0. The van der Waals surface area contributed by atoms with Crippen molar-refractivity contribution in [1.82, 2.24) is 0 Å². The van der Waals surface area contributed by atoms with E-state index in [0.29, 0.717) is 5.56 Å². The van der Waals surface area contributed by atoms with Gasteiger partial charge in [0.2, 0.25) is 0 Å². The minimum atomic E-state index is -0.486. The van der Waals surface area contributed by atoms with Crippen LogP contribution in [0.2, 0.25) is 15.1 Å². The van der Waals surface area contributed by atoms with Crippen LogP contribution in [0.4, 0.5) is 5.00 Å². The second-order valence-electron chi connectivity index (χ2n) is 3.90. The minimum absolute atomic E-state index is 0.00895. The Labute approximate surface area is 138 Å². The lowest BCUT2D eigenvalue weighted by molar-refractivity contribution is -0.380. The summed E-state index contributed by atoms with van der Waals surface area (Å²) < 4.78 is 0. The van der Waals surface area contributed by atoms with Crippen LogP contribution in [0.1, 0.15) is 15.9 Å². The summed E-state index contributed by atoms with van der Waals surface area (Å²) in [6.45, 7) is 0. The molecule has 0 radical (unpaired) electrons. The van der Waals surface area contributed by atoms with Crippen molar-refractivity contribution >= 4 is 63.0 Å². The first-order valence-electron chi connectivity index (χ1n) is 5.49. The van der Waals surface area contributed by atoms with Crippen molar-refractivity contribution in [2.24, 2.45) is 0 Å². The van der Waals surface area contributed by atoms with Crippen molar-refractivity contribution in [1.29, 1.82) is 0 Å². The highest BCUT2D eigenvalue weighted by atomic mass is 35.5. The van der Waals surface area contributed by atoms with Gasteiger partial charge in [-0.2, -0.15) is 0 Å². The number of nitrogens with zero attached hydrogens (tertiary/aromatic N) is 1. The first-order chi connectivity index (χ1) is 9.90. The number of hydrogen-bond acceptors (Lipinski definition) is 4. The van der Waals surface area contributed by atoms with Gasteiger partial charge < -0.3 is 0 Å². The van der Waals surface area contributed by atoms with E-state index in [1.54, 1.807) is 5.38 Å². The molecule has 1 aromatic heterocycles. The molecule has 0 spiro atoms. The highest BCUT2D eigenvalue weighted by molar-refractivity contribution is 7.13. The largest absolute Gasteiger partial charge is 0.324 e. The summed E-state index contributed by atoms with van der Waals surface area (Å²) >= 11 is 18.6. The Hall–Kier alpha value is -1.40. The van der Waals surface area contributed by atoms with Gasteiger partial charge in [0, 0.05) is 17.0 Å². The van der Waals surface area contributed by atoms with Crippen molar-refractivity contribution in [2.75, 3.05) is 0 Å². The van der Waals surface area contributed by atoms with Gasteiger partial charge in [-0.05, 0) is 29.8 Å². The quantitative estimate of drug-likeness (QED) is 0.237. The molecule has 21 heavy (non-hydrogen) atoms. The Morgan fingerprint density at radius 3 is 2.57 bits per heavy atom. The van der Waals surface area contributed by atoms with Crippen molar-refractivity contribution < 1.29 is 9.72 Å². The lowest BCUT2D eigenvalue weighted by Gasteiger charge is -2.03. The molecule has 1 heterocycles. The van der Waals surface area contributed by atoms with E-state index < -0.39 is 4.92 Å². The molecule has 1 aromatic carbocycles. The summed E-state index contributed by atoms with van der Waals surface area (Å²) in [5, 5.41) is 12.6. The zero-order valence-corrected chi connectivity index (χ0v) is 13.3. The molecule has 2 rings (SSSR count). The highest BCUT2D eigenvalue weighted by Gasteiger charge is 2.13. The van der Waals surface area contributed by atoms with E-state index in [2.05, 4.69) is 0 Å². The average Bonchev–Trinajstić information content (AvgIpc) is 2.91. The molecule has 0 amide bonds. The number of allylic oxidation sites excluding steroid dienone is 1. The number of nitro groups is 1. The molecule has 0 aliphatic rings. The molecule has 8 heteroatoms. The van der Waals surface area contributed by atoms with Crippen LogP contribution in [0.15, 0.2) is 29.7 Å². The predicted molar refractivity (Wildman–Crippen MR) is 85.8 cm³/mol. The number of carbonyl (C=O) groups excluding carboxylic acids is 1. The molecule has 0 fully saturated rings. The smallest absolute Gasteiger partial charge is 0.289 e. The van der Waals surface area contributed by atoms with E-state index in [9.17, 15) is 14.9 Å². The number of thiophene rings is 1. The minimum Gasteiger partial charge on any atom is -0.289 e. The summed E-state index contributed by atoms with van der Waals surface area (Å²) in [6, 6.07) is 4.33. The van der Waals surface area contributed by atoms with E-state index in [0.717, 1.165) is 11.3 Å². The Morgan fingerprint density at radius 2 is 1.95 bits per heavy atom. The third-order valence-corrected chi connectivity index (χ3v) is 4.71. The van der Waals surface area contributed by atoms with E-state index in [-0.39, 0.29) is 31.4 Å². The van der Waals surface area contributed by atoms with Crippen LogP contribution < -0.4 is 0 Å². The number of ketones is 1. The fourth-order valence-corrected chi connectivity index (χ4v) is 2.82. The van der Waals surface area contributed by atoms with Crippen molar-refractivity contribution in [3.63, 3.8) is 0 Å². The number of benzene rings is 1. The normalized spacial score (nSPS) is 11.0. The summed E-state index contributed by atoms with van der Waals surface area (Å²) in [5.41, 5.74) is 0.781. The van der Waals surface area contributed by atoms with Crippen LogP contribution in [0.3, 0.4) is 0 Å². The van der Waals surface area contributed by atoms with E-state index in [1.165, 1.54) is 30.4 Å². The molecule has 0 unspecified atom stereocenters. The zero-order chi connectivity index (χ0) is 15.6.